The molecule has 1 heterocycles. The highest BCUT2D eigenvalue weighted by Gasteiger charge is 2.36. The van der Waals surface area contributed by atoms with Gasteiger partial charge >= 0.3 is 0 Å². The van der Waals surface area contributed by atoms with Crippen LogP contribution in [-0.4, -0.2) is 27.4 Å². The summed E-state index contributed by atoms with van der Waals surface area (Å²) in [5.74, 6) is -0.283. The molecule has 0 bridgehead atoms. The number of carbonyl (C=O) groups is 1. The number of hydrogen-bond donors (Lipinski definition) is 0. The molecule has 7 heteroatoms. The van der Waals surface area contributed by atoms with Crippen LogP contribution in [0.25, 0.3) is 0 Å². The van der Waals surface area contributed by atoms with E-state index in [0.29, 0.717) is 11.7 Å². The van der Waals surface area contributed by atoms with Crippen LogP contribution in [0.2, 0.25) is 0 Å². The SMILES string of the molecule is CC[C@@H]1S/C(=N\N=C/c2ccc(Br)cc2)N(Cc2ccc(F)cc2)C1=O. The molecule has 0 N–H and O–H groups in total. The third kappa shape index (κ3) is 4.59. The topological polar surface area (TPSA) is 45.0 Å². The quantitative estimate of drug-likeness (QED) is 0.500. The Morgan fingerprint density at radius 3 is 2.54 bits per heavy atom. The van der Waals surface area contributed by atoms with Gasteiger partial charge in [0.2, 0.25) is 5.91 Å². The van der Waals surface area contributed by atoms with Crippen LogP contribution in [0.4, 0.5) is 4.39 Å². The van der Waals surface area contributed by atoms with E-state index in [2.05, 4.69) is 26.1 Å². The van der Waals surface area contributed by atoms with Gasteiger partial charge in [0.15, 0.2) is 5.17 Å². The van der Waals surface area contributed by atoms with Crippen LogP contribution < -0.4 is 0 Å². The van der Waals surface area contributed by atoms with Gasteiger partial charge in [-0.1, -0.05) is 58.9 Å². The Bertz CT molecular complexity index is 837. The smallest absolute Gasteiger partial charge is 0.242 e. The highest BCUT2D eigenvalue weighted by atomic mass is 79.9. The van der Waals surface area contributed by atoms with E-state index in [4.69, 9.17) is 0 Å². The zero-order valence-corrected chi connectivity index (χ0v) is 16.5. The van der Waals surface area contributed by atoms with Crippen molar-refractivity contribution in [1.82, 2.24) is 4.90 Å². The van der Waals surface area contributed by atoms with E-state index < -0.39 is 0 Å². The number of benzene rings is 2. The van der Waals surface area contributed by atoms with Crippen molar-refractivity contribution >= 4 is 45.0 Å². The number of nitrogens with zero attached hydrogens (tertiary/aromatic N) is 3. The standard InChI is InChI=1S/C19H17BrFN3OS/c1-2-17-18(25)24(12-14-5-9-16(21)10-6-14)19(26-17)23-22-11-13-3-7-15(20)8-4-13/h3-11,17H,2,12H2,1H3/b22-11-,23-19-/t17-/m0/s1. The zero-order valence-electron chi connectivity index (χ0n) is 14.1. The summed E-state index contributed by atoms with van der Waals surface area (Å²) in [6.45, 7) is 2.33. The molecule has 1 aliphatic heterocycles. The van der Waals surface area contributed by atoms with Gasteiger partial charge in [0.1, 0.15) is 5.82 Å². The number of amides is 1. The summed E-state index contributed by atoms with van der Waals surface area (Å²) in [6, 6.07) is 13.8. The Balaban J connectivity index is 1.78. The molecule has 0 radical (unpaired) electrons. The van der Waals surface area contributed by atoms with Crippen molar-refractivity contribution in [1.29, 1.82) is 0 Å². The van der Waals surface area contributed by atoms with Crippen molar-refractivity contribution in [3.63, 3.8) is 0 Å². The number of thioether (sulfide) groups is 1. The number of amidine groups is 1. The van der Waals surface area contributed by atoms with E-state index in [1.165, 1.54) is 23.9 Å². The van der Waals surface area contributed by atoms with E-state index in [-0.39, 0.29) is 17.0 Å². The minimum atomic E-state index is -0.296. The van der Waals surface area contributed by atoms with Crippen molar-refractivity contribution in [3.05, 3.63) is 69.9 Å². The summed E-state index contributed by atoms with van der Waals surface area (Å²) >= 11 is 4.81. The number of rotatable bonds is 5. The maximum Gasteiger partial charge on any atom is 0.242 e. The normalized spacial score (nSPS) is 19.0. The largest absolute Gasteiger partial charge is 0.284 e. The second kappa shape index (κ2) is 8.60. The lowest BCUT2D eigenvalue weighted by atomic mass is 10.2. The van der Waals surface area contributed by atoms with Gasteiger partial charge in [-0.25, -0.2) is 4.39 Å². The van der Waals surface area contributed by atoms with E-state index in [1.54, 1.807) is 23.2 Å². The number of halogens is 2. The molecule has 1 atom stereocenters. The van der Waals surface area contributed by atoms with Crippen molar-refractivity contribution < 1.29 is 9.18 Å². The fourth-order valence-corrected chi connectivity index (χ4v) is 3.75. The molecule has 4 nitrogen and oxygen atoms in total. The first-order valence-corrected chi connectivity index (χ1v) is 9.83. The van der Waals surface area contributed by atoms with Crippen LogP contribution in [0.1, 0.15) is 24.5 Å². The van der Waals surface area contributed by atoms with E-state index in [0.717, 1.165) is 22.0 Å². The fourth-order valence-electron chi connectivity index (χ4n) is 2.46. The Morgan fingerprint density at radius 1 is 1.19 bits per heavy atom. The van der Waals surface area contributed by atoms with Crippen molar-refractivity contribution in [2.24, 2.45) is 10.2 Å². The third-order valence-corrected chi connectivity index (χ3v) is 5.73. The van der Waals surface area contributed by atoms with Gasteiger partial charge < -0.3 is 0 Å². The van der Waals surface area contributed by atoms with Crippen LogP contribution in [0.5, 0.6) is 0 Å². The lowest BCUT2D eigenvalue weighted by Gasteiger charge is -2.15. The predicted octanol–water partition coefficient (Wildman–Crippen LogP) is 4.83. The summed E-state index contributed by atoms with van der Waals surface area (Å²) in [6.07, 6.45) is 2.37. The first kappa shape index (κ1) is 18.8. The molecule has 134 valence electrons. The Labute approximate surface area is 164 Å². The fraction of sp³-hybridized carbons (Fsp3) is 0.211. The van der Waals surface area contributed by atoms with Gasteiger partial charge in [-0.2, -0.15) is 5.10 Å². The molecule has 0 unspecified atom stereocenters. The van der Waals surface area contributed by atoms with Crippen LogP contribution >= 0.6 is 27.7 Å². The molecule has 3 rings (SSSR count). The Morgan fingerprint density at radius 2 is 1.88 bits per heavy atom. The maximum atomic E-state index is 13.1. The van der Waals surface area contributed by atoms with Gasteiger partial charge in [0.05, 0.1) is 18.0 Å². The third-order valence-electron chi connectivity index (χ3n) is 3.86. The first-order valence-electron chi connectivity index (χ1n) is 8.16. The first-order chi connectivity index (χ1) is 12.6. The summed E-state index contributed by atoms with van der Waals surface area (Å²) in [5.41, 5.74) is 1.77. The maximum absolute atomic E-state index is 13.1. The zero-order chi connectivity index (χ0) is 18.5. The van der Waals surface area contributed by atoms with E-state index in [9.17, 15) is 9.18 Å². The molecule has 0 spiro atoms. The number of carbonyl (C=O) groups excluding carboxylic acids is 1. The van der Waals surface area contributed by atoms with Crippen molar-refractivity contribution in [3.8, 4) is 0 Å². The summed E-state index contributed by atoms with van der Waals surface area (Å²) in [5, 5.41) is 8.80. The minimum Gasteiger partial charge on any atom is -0.284 e. The second-order valence-electron chi connectivity index (χ2n) is 5.74. The molecule has 0 aliphatic carbocycles. The molecular formula is C19H17BrFN3OS. The Kier molecular flexibility index (Phi) is 6.21. The van der Waals surface area contributed by atoms with Crippen molar-refractivity contribution in [2.75, 3.05) is 0 Å². The summed E-state index contributed by atoms with van der Waals surface area (Å²) in [4.78, 5) is 14.2. The van der Waals surface area contributed by atoms with Gasteiger partial charge in [-0.15, -0.1) is 5.10 Å². The predicted molar refractivity (Wildman–Crippen MR) is 108 cm³/mol. The average molecular weight is 434 g/mol. The van der Waals surface area contributed by atoms with Gasteiger partial charge in [-0.05, 0) is 41.8 Å². The molecule has 1 saturated heterocycles. The highest BCUT2D eigenvalue weighted by molar-refractivity contribution is 9.10. The van der Waals surface area contributed by atoms with Crippen molar-refractivity contribution in [2.45, 2.75) is 25.1 Å². The van der Waals surface area contributed by atoms with E-state index >= 15 is 0 Å². The van der Waals surface area contributed by atoms with Crippen LogP contribution in [0.15, 0.2) is 63.2 Å². The average Bonchev–Trinajstić information content (AvgIpc) is 2.94. The molecule has 0 aromatic heterocycles. The molecule has 2 aromatic rings. The summed E-state index contributed by atoms with van der Waals surface area (Å²) < 4.78 is 14.1. The number of hydrogen-bond acceptors (Lipinski definition) is 4. The van der Waals surface area contributed by atoms with E-state index in [1.807, 2.05) is 31.2 Å². The lowest BCUT2D eigenvalue weighted by molar-refractivity contribution is -0.126. The second-order valence-corrected chi connectivity index (χ2v) is 7.83. The van der Waals surface area contributed by atoms with Gasteiger partial charge in [0.25, 0.3) is 0 Å². The molecule has 1 amide bonds. The molecular weight excluding hydrogens is 417 g/mol. The molecule has 1 aliphatic rings. The lowest BCUT2D eigenvalue weighted by Crippen LogP contribution is -2.31. The van der Waals surface area contributed by atoms with Gasteiger partial charge in [-0.3, -0.25) is 9.69 Å². The molecule has 0 saturated carbocycles. The van der Waals surface area contributed by atoms with Gasteiger partial charge in [0, 0.05) is 4.47 Å². The monoisotopic (exact) mass is 433 g/mol. The van der Waals surface area contributed by atoms with Crippen LogP contribution in [-0.2, 0) is 11.3 Å². The molecule has 2 aromatic carbocycles. The highest BCUT2D eigenvalue weighted by Crippen LogP contribution is 2.30. The molecule has 26 heavy (non-hydrogen) atoms. The molecule has 1 fully saturated rings. The minimum absolute atomic E-state index is 0.0133. The van der Waals surface area contributed by atoms with Crippen LogP contribution in [0.3, 0.4) is 0 Å². The van der Waals surface area contributed by atoms with Crippen LogP contribution in [0, 0.1) is 5.82 Å². The summed E-state index contributed by atoms with van der Waals surface area (Å²) in [7, 11) is 0. The Hall–Kier alpha value is -1.99.